The zero-order valence-corrected chi connectivity index (χ0v) is 13.0. The Morgan fingerprint density at radius 1 is 1.35 bits per heavy atom. The monoisotopic (exact) mass is 321 g/mol. The van der Waals surface area contributed by atoms with E-state index in [1.165, 1.54) is 11.3 Å². The fourth-order valence-corrected chi connectivity index (χ4v) is 2.57. The van der Waals surface area contributed by atoms with Crippen molar-refractivity contribution in [2.45, 2.75) is 25.7 Å². The van der Waals surface area contributed by atoms with Gasteiger partial charge in [0.1, 0.15) is 0 Å². The highest BCUT2D eigenvalue weighted by Crippen LogP contribution is 2.29. The summed E-state index contributed by atoms with van der Waals surface area (Å²) >= 11 is 0. The maximum absolute atomic E-state index is 12.5. The summed E-state index contributed by atoms with van der Waals surface area (Å²) in [5.74, 6) is -0.777. The van der Waals surface area contributed by atoms with Crippen molar-refractivity contribution in [3.63, 3.8) is 0 Å². The minimum Gasteiger partial charge on any atom is -0.399 e. The molecule has 8 heteroatoms. The summed E-state index contributed by atoms with van der Waals surface area (Å²) in [6, 6.07) is 4.68. The number of fused-ring (bicyclic) bond motifs is 1. The Morgan fingerprint density at radius 2 is 2.09 bits per heavy atom. The highest BCUT2D eigenvalue weighted by molar-refractivity contribution is 6.21. The average Bonchev–Trinajstić information content (AvgIpc) is 2.78. The number of hydroxylamine groups is 2. The van der Waals surface area contributed by atoms with Crippen LogP contribution in [0.15, 0.2) is 18.2 Å². The van der Waals surface area contributed by atoms with Crippen LogP contribution in [0.4, 0.5) is 5.69 Å². The molecule has 2 N–H and O–H groups in total. The number of amides is 2. The summed E-state index contributed by atoms with van der Waals surface area (Å²) < 4.78 is 5.16. The minimum atomic E-state index is -0.707. The number of hydrogen-bond acceptors (Lipinski definition) is 7. The third kappa shape index (κ3) is 2.93. The molecule has 1 fully saturated rings. The number of carbonyl (C=O) groups excluding carboxylic acids is 2. The van der Waals surface area contributed by atoms with Crippen molar-refractivity contribution >= 4 is 17.5 Å². The zero-order valence-electron chi connectivity index (χ0n) is 13.0. The Hall–Kier alpha value is -2.00. The van der Waals surface area contributed by atoms with Crippen LogP contribution in [-0.2, 0) is 14.4 Å². The summed E-state index contributed by atoms with van der Waals surface area (Å²) in [4.78, 5) is 37.2. The predicted molar refractivity (Wildman–Crippen MR) is 80.0 cm³/mol. The van der Waals surface area contributed by atoms with E-state index in [9.17, 15) is 9.59 Å². The second kappa shape index (κ2) is 6.25. The second-order valence-electron chi connectivity index (χ2n) is 5.53. The number of methoxy groups -OCH3 is 1. The van der Waals surface area contributed by atoms with Gasteiger partial charge in [0.05, 0.1) is 30.4 Å². The number of carbonyl (C=O) groups is 2. The molecule has 0 aliphatic carbocycles. The predicted octanol–water partition coefficient (Wildman–Crippen LogP) is 0.795. The smallest absolute Gasteiger partial charge is 0.263 e. The molecular formula is C15H19N3O5. The van der Waals surface area contributed by atoms with E-state index in [1.807, 2.05) is 6.92 Å². The summed E-state index contributed by atoms with van der Waals surface area (Å²) in [6.45, 7) is 2.57. The molecule has 2 amide bonds. The molecule has 0 bridgehead atoms. The molecule has 0 radical (unpaired) electrons. The molecule has 2 atom stereocenters. The topological polar surface area (TPSA) is 94.3 Å². The molecule has 1 aromatic rings. The third-order valence-electron chi connectivity index (χ3n) is 3.88. The Labute approximate surface area is 133 Å². The molecule has 8 nitrogen and oxygen atoms in total. The number of anilines is 1. The molecule has 2 aliphatic rings. The maximum Gasteiger partial charge on any atom is 0.263 e. The van der Waals surface area contributed by atoms with Crippen molar-refractivity contribution in [3.8, 4) is 0 Å². The molecule has 2 unspecified atom stereocenters. The molecule has 2 heterocycles. The second-order valence-corrected chi connectivity index (χ2v) is 5.53. The van der Waals surface area contributed by atoms with Gasteiger partial charge in [-0.05, 0) is 25.1 Å². The van der Waals surface area contributed by atoms with Gasteiger partial charge in [-0.3, -0.25) is 14.4 Å². The van der Waals surface area contributed by atoms with E-state index in [0.29, 0.717) is 36.4 Å². The van der Waals surface area contributed by atoms with Gasteiger partial charge in [-0.1, -0.05) is 5.23 Å². The first-order valence-corrected chi connectivity index (χ1v) is 7.38. The lowest BCUT2D eigenvalue weighted by molar-refractivity contribution is -0.428. The number of imide groups is 1. The molecule has 0 saturated carbocycles. The lowest BCUT2D eigenvalue weighted by Gasteiger charge is -2.35. The number of benzene rings is 1. The number of rotatable bonds is 4. The summed E-state index contributed by atoms with van der Waals surface area (Å²) in [5.41, 5.74) is 6.79. The van der Waals surface area contributed by atoms with Gasteiger partial charge in [-0.25, -0.2) is 9.74 Å². The Balaban J connectivity index is 1.77. The number of nitrogens with zero attached hydrogens (tertiary/aromatic N) is 2. The number of hydrogen-bond donors (Lipinski definition) is 1. The van der Waals surface area contributed by atoms with E-state index >= 15 is 0 Å². The fourth-order valence-electron chi connectivity index (χ4n) is 2.57. The van der Waals surface area contributed by atoms with Crippen LogP contribution in [0.25, 0.3) is 0 Å². The van der Waals surface area contributed by atoms with Crippen molar-refractivity contribution < 1.29 is 24.0 Å². The van der Waals surface area contributed by atoms with Crippen LogP contribution < -0.4 is 5.73 Å². The van der Waals surface area contributed by atoms with Crippen molar-refractivity contribution in [2.75, 3.05) is 26.0 Å². The van der Waals surface area contributed by atoms with E-state index in [4.69, 9.17) is 20.1 Å². The van der Waals surface area contributed by atoms with Gasteiger partial charge in [0.15, 0.2) is 6.23 Å². The van der Waals surface area contributed by atoms with Gasteiger partial charge in [-0.2, -0.15) is 0 Å². The zero-order chi connectivity index (χ0) is 16.6. The van der Waals surface area contributed by atoms with Crippen LogP contribution in [0.2, 0.25) is 0 Å². The molecule has 124 valence electrons. The maximum atomic E-state index is 12.5. The molecule has 1 saturated heterocycles. The van der Waals surface area contributed by atoms with E-state index in [0.717, 1.165) is 4.90 Å². The molecule has 23 heavy (non-hydrogen) atoms. The molecular weight excluding hydrogens is 302 g/mol. The van der Waals surface area contributed by atoms with Crippen molar-refractivity contribution in [1.82, 2.24) is 10.1 Å². The molecule has 1 aromatic carbocycles. The number of nitrogen functional groups attached to an aromatic ring is 1. The van der Waals surface area contributed by atoms with Crippen LogP contribution >= 0.6 is 0 Å². The highest BCUT2D eigenvalue weighted by Gasteiger charge is 2.42. The number of nitrogens with two attached hydrogens (primary N) is 1. The van der Waals surface area contributed by atoms with Crippen molar-refractivity contribution in [2.24, 2.45) is 0 Å². The van der Waals surface area contributed by atoms with Crippen LogP contribution in [-0.4, -0.2) is 54.5 Å². The van der Waals surface area contributed by atoms with Crippen LogP contribution in [0.5, 0.6) is 0 Å². The first kappa shape index (κ1) is 15.9. The number of ether oxygens (including phenoxy) is 1. The standard InChI is InChI=1S/C15H19N3O5/c1-9(21-2)8-17-22-6-5-13(23-17)18-14(19)11-4-3-10(16)7-12(11)15(18)20/h3-4,7,9,13H,5-6,8,16H2,1-2H3. The normalized spacial score (nSPS) is 23.2. The van der Waals surface area contributed by atoms with Gasteiger partial charge in [0, 0.05) is 19.2 Å². The summed E-state index contributed by atoms with van der Waals surface area (Å²) in [5, 5.41) is 1.26. The first-order valence-electron chi connectivity index (χ1n) is 7.38. The van der Waals surface area contributed by atoms with E-state index in [1.54, 1.807) is 19.2 Å². The molecule has 0 spiro atoms. The summed E-state index contributed by atoms with van der Waals surface area (Å²) in [7, 11) is 1.58. The van der Waals surface area contributed by atoms with Crippen molar-refractivity contribution in [1.29, 1.82) is 0 Å². The lowest BCUT2D eigenvalue weighted by atomic mass is 10.1. The van der Waals surface area contributed by atoms with E-state index in [2.05, 4.69) is 0 Å². The van der Waals surface area contributed by atoms with Gasteiger partial charge in [0.25, 0.3) is 11.8 Å². The largest absolute Gasteiger partial charge is 0.399 e. The Kier molecular flexibility index (Phi) is 4.31. The van der Waals surface area contributed by atoms with Gasteiger partial charge in [0.2, 0.25) is 0 Å². The van der Waals surface area contributed by atoms with Crippen LogP contribution in [0.3, 0.4) is 0 Å². The quantitative estimate of drug-likeness (QED) is 0.647. The van der Waals surface area contributed by atoms with Gasteiger partial charge >= 0.3 is 0 Å². The van der Waals surface area contributed by atoms with Crippen molar-refractivity contribution in [3.05, 3.63) is 29.3 Å². The Morgan fingerprint density at radius 3 is 2.83 bits per heavy atom. The minimum absolute atomic E-state index is 0.115. The SMILES string of the molecule is COC(C)CN1OCCC(N2C(=O)c3ccc(N)cc3C2=O)O1. The molecule has 0 aromatic heterocycles. The summed E-state index contributed by atoms with van der Waals surface area (Å²) in [6.07, 6.45) is -0.420. The van der Waals surface area contributed by atoms with Crippen LogP contribution in [0.1, 0.15) is 34.1 Å². The highest BCUT2D eigenvalue weighted by atomic mass is 17.0. The fraction of sp³-hybridized carbons (Fsp3) is 0.467. The Bertz CT molecular complexity index is 636. The lowest BCUT2D eigenvalue weighted by Crippen LogP contribution is -2.50. The van der Waals surface area contributed by atoms with Gasteiger partial charge < -0.3 is 10.5 Å². The average molecular weight is 321 g/mol. The molecule has 3 rings (SSSR count). The van der Waals surface area contributed by atoms with E-state index < -0.39 is 12.1 Å². The first-order chi connectivity index (χ1) is 11.0. The van der Waals surface area contributed by atoms with Gasteiger partial charge in [-0.15, -0.1) is 0 Å². The van der Waals surface area contributed by atoms with E-state index in [-0.39, 0.29) is 12.0 Å². The third-order valence-corrected chi connectivity index (χ3v) is 3.88. The molecule has 2 aliphatic heterocycles. The van der Waals surface area contributed by atoms with Crippen LogP contribution in [0, 0.1) is 0 Å².